The van der Waals surface area contributed by atoms with E-state index in [1.165, 1.54) is 0 Å². The number of piperidine rings is 1. The number of halogens is 1. The molecule has 4 rings (SSSR count). The molecule has 142 valence electrons. The molecular weight excluding hydrogens is 377 g/mol. The van der Waals surface area contributed by atoms with Crippen molar-refractivity contribution in [2.75, 3.05) is 23.3 Å². The number of benzene rings is 1. The molecule has 3 heterocycles. The van der Waals surface area contributed by atoms with Gasteiger partial charge in [0.2, 0.25) is 0 Å². The van der Waals surface area contributed by atoms with E-state index in [0.717, 1.165) is 48.2 Å². The minimum atomic E-state index is -0.186. The van der Waals surface area contributed by atoms with Gasteiger partial charge in [0.15, 0.2) is 0 Å². The molecule has 0 saturated carbocycles. The van der Waals surface area contributed by atoms with Crippen LogP contribution < -0.4 is 14.4 Å². The number of hydrogen-bond acceptors (Lipinski definition) is 7. The largest absolute Gasteiger partial charge is 0.397 e. The maximum atomic E-state index is 12.3. The number of nitrogens with one attached hydrogen (secondary N) is 1. The molecular formula is C20H18FN5OS. The van der Waals surface area contributed by atoms with E-state index in [0.29, 0.717) is 11.6 Å². The number of fused-ring (bicyclic) bond motifs is 1. The van der Waals surface area contributed by atoms with Crippen LogP contribution in [0.4, 0.5) is 21.2 Å². The van der Waals surface area contributed by atoms with Crippen molar-refractivity contribution in [1.82, 2.24) is 9.97 Å². The standard InChI is InChI=1S/C20H18FN5OS/c21-28-27-17-3-1-2-16(10-17)25-19-11-18-15(13-24-19)4-7-23-20(18)26-8-5-14(12-22)6-9-26/h1-4,7,10-11,13-14H,5-6,8-9H2,(H,24,25). The third kappa shape index (κ3) is 3.94. The molecule has 1 aliphatic heterocycles. The summed E-state index contributed by atoms with van der Waals surface area (Å²) in [6, 6.07) is 13.3. The van der Waals surface area contributed by atoms with Gasteiger partial charge in [0.25, 0.3) is 12.4 Å². The Bertz CT molecular complexity index is 1020. The first-order valence-corrected chi connectivity index (χ1v) is 9.62. The van der Waals surface area contributed by atoms with Crippen LogP contribution in [0.15, 0.2) is 48.8 Å². The first-order valence-electron chi connectivity index (χ1n) is 8.98. The van der Waals surface area contributed by atoms with Crippen LogP contribution in [0.3, 0.4) is 0 Å². The van der Waals surface area contributed by atoms with Crippen molar-refractivity contribution in [2.45, 2.75) is 12.8 Å². The van der Waals surface area contributed by atoms with Gasteiger partial charge in [-0.15, -0.1) is 3.89 Å². The number of nitrogens with zero attached hydrogens (tertiary/aromatic N) is 4. The van der Waals surface area contributed by atoms with Crippen LogP contribution in [-0.2, 0) is 0 Å². The maximum absolute atomic E-state index is 12.3. The zero-order chi connectivity index (χ0) is 19.3. The van der Waals surface area contributed by atoms with E-state index in [2.05, 4.69) is 26.3 Å². The predicted octanol–water partition coefficient (Wildman–Crippen LogP) is 5.02. The van der Waals surface area contributed by atoms with Gasteiger partial charge in [-0.25, -0.2) is 9.97 Å². The van der Waals surface area contributed by atoms with Crippen molar-refractivity contribution in [2.24, 2.45) is 5.92 Å². The normalized spacial score (nSPS) is 14.6. The lowest BCUT2D eigenvalue weighted by Gasteiger charge is -2.30. The van der Waals surface area contributed by atoms with E-state index in [1.807, 2.05) is 24.4 Å². The minimum Gasteiger partial charge on any atom is -0.397 e. The summed E-state index contributed by atoms with van der Waals surface area (Å²) in [6.07, 6.45) is 5.30. The molecule has 2 aromatic heterocycles. The molecule has 0 atom stereocenters. The van der Waals surface area contributed by atoms with E-state index in [9.17, 15) is 3.89 Å². The third-order valence-corrected chi connectivity index (χ3v) is 5.09. The molecule has 1 N–H and O–H groups in total. The quantitative estimate of drug-likeness (QED) is 0.608. The second-order valence-electron chi connectivity index (χ2n) is 6.61. The smallest absolute Gasteiger partial charge is 0.272 e. The van der Waals surface area contributed by atoms with Crippen molar-refractivity contribution in [1.29, 1.82) is 5.26 Å². The van der Waals surface area contributed by atoms with Crippen molar-refractivity contribution in [3.8, 4) is 11.8 Å². The second kappa shape index (κ2) is 8.31. The van der Waals surface area contributed by atoms with Gasteiger partial charge in [-0.2, -0.15) is 5.26 Å². The molecule has 0 unspecified atom stereocenters. The Morgan fingerprint density at radius 1 is 1.21 bits per heavy atom. The highest BCUT2D eigenvalue weighted by molar-refractivity contribution is 7.89. The fourth-order valence-corrected chi connectivity index (χ4v) is 3.58. The summed E-state index contributed by atoms with van der Waals surface area (Å²) in [6.45, 7) is 1.63. The van der Waals surface area contributed by atoms with Crippen LogP contribution >= 0.6 is 12.4 Å². The molecule has 0 bridgehead atoms. The SMILES string of the molecule is N#CC1CCN(c2nccc3cnc(Nc4cccc(OSF)c4)cc23)CC1. The summed E-state index contributed by atoms with van der Waals surface area (Å²) >= 11 is -0.186. The Labute approximate surface area is 166 Å². The number of pyridine rings is 2. The molecule has 0 aliphatic carbocycles. The average Bonchev–Trinajstić information content (AvgIpc) is 2.74. The molecule has 28 heavy (non-hydrogen) atoms. The van der Waals surface area contributed by atoms with Crippen molar-refractivity contribution >= 4 is 40.5 Å². The minimum absolute atomic E-state index is 0.127. The maximum Gasteiger partial charge on any atom is 0.272 e. The zero-order valence-corrected chi connectivity index (χ0v) is 15.8. The first-order chi connectivity index (χ1) is 13.8. The predicted molar refractivity (Wildman–Crippen MR) is 109 cm³/mol. The second-order valence-corrected chi connectivity index (χ2v) is 6.91. The fourth-order valence-electron chi connectivity index (χ4n) is 3.40. The number of aromatic nitrogens is 2. The van der Waals surface area contributed by atoms with E-state index in [1.54, 1.807) is 24.4 Å². The number of hydrogen-bond donors (Lipinski definition) is 1. The molecule has 1 fully saturated rings. The monoisotopic (exact) mass is 395 g/mol. The summed E-state index contributed by atoms with van der Waals surface area (Å²) in [5.74, 6) is 2.12. The van der Waals surface area contributed by atoms with Crippen LogP contribution in [0.1, 0.15) is 12.8 Å². The average molecular weight is 395 g/mol. The number of rotatable bonds is 5. The van der Waals surface area contributed by atoms with E-state index in [4.69, 9.17) is 9.44 Å². The van der Waals surface area contributed by atoms with E-state index in [-0.39, 0.29) is 18.3 Å². The van der Waals surface area contributed by atoms with Gasteiger partial charge in [0.1, 0.15) is 17.4 Å². The van der Waals surface area contributed by atoms with E-state index >= 15 is 0 Å². The van der Waals surface area contributed by atoms with Gasteiger partial charge in [-0.3, -0.25) is 0 Å². The summed E-state index contributed by atoms with van der Waals surface area (Å²) in [5, 5.41) is 14.4. The van der Waals surface area contributed by atoms with Crippen molar-refractivity contribution in [3.63, 3.8) is 0 Å². The van der Waals surface area contributed by atoms with Gasteiger partial charge in [-0.05, 0) is 37.1 Å². The Morgan fingerprint density at radius 2 is 2.07 bits per heavy atom. The molecule has 1 aliphatic rings. The van der Waals surface area contributed by atoms with Gasteiger partial charge in [0, 0.05) is 53.9 Å². The molecule has 0 spiro atoms. The first kappa shape index (κ1) is 18.3. The highest BCUT2D eigenvalue weighted by Gasteiger charge is 2.21. The van der Waals surface area contributed by atoms with Crippen molar-refractivity contribution in [3.05, 3.63) is 48.8 Å². The lowest BCUT2D eigenvalue weighted by Crippen LogP contribution is -2.33. The van der Waals surface area contributed by atoms with Gasteiger partial charge >= 0.3 is 0 Å². The van der Waals surface area contributed by atoms with Crippen LogP contribution in [0.25, 0.3) is 10.8 Å². The molecule has 1 saturated heterocycles. The molecule has 3 aromatic rings. The Balaban J connectivity index is 1.61. The topological polar surface area (TPSA) is 74.1 Å². The Morgan fingerprint density at radius 3 is 2.86 bits per heavy atom. The lowest BCUT2D eigenvalue weighted by molar-refractivity contribution is 0.486. The summed E-state index contributed by atoms with van der Waals surface area (Å²) < 4.78 is 17.1. The van der Waals surface area contributed by atoms with Crippen LogP contribution in [-0.4, -0.2) is 23.1 Å². The third-order valence-electron chi connectivity index (χ3n) is 4.84. The Hall–Kier alpha value is -3.05. The van der Waals surface area contributed by atoms with Crippen LogP contribution in [0, 0.1) is 17.2 Å². The Kier molecular flexibility index (Phi) is 5.44. The summed E-state index contributed by atoms with van der Waals surface area (Å²) in [5.41, 5.74) is 0.749. The van der Waals surface area contributed by atoms with Crippen molar-refractivity contribution < 1.29 is 8.07 Å². The van der Waals surface area contributed by atoms with Crippen LogP contribution in [0.2, 0.25) is 0 Å². The highest BCUT2D eigenvalue weighted by atomic mass is 32.2. The summed E-state index contributed by atoms with van der Waals surface area (Å²) in [7, 11) is 0. The number of nitriles is 1. The van der Waals surface area contributed by atoms with E-state index < -0.39 is 0 Å². The van der Waals surface area contributed by atoms with Gasteiger partial charge in [0.05, 0.1) is 6.07 Å². The molecule has 6 nitrogen and oxygen atoms in total. The summed E-state index contributed by atoms with van der Waals surface area (Å²) in [4.78, 5) is 11.3. The lowest BCUT2D eigenvalue weighted by atomic mass is 9.98. The zero-order valence-electron chi connectivity index (χ0n) is 15.0. The molecule has 0 amide bonds. The number of anilines is 3. The van der Waals surface area contributed by atoms with Gasteiger partial charge in [-0.1, -0.05) is 6.07 Å². The molecule has 1 aromatic carbocycles. The highest BCUT2D eigenvalue weighted by Crippen LogP contribution is 2.30. The fraction of sp³-hybridized carbons (Fsp3) is 0.250. The molecule has 8 heteroatoms. The molecule has 0 radical (unpaired) electrons. The van der Waals surface area contributed by atoms with Gasteiger partial charge < -0.3 is 14.4 Å². The van der Waals surface area contributed by atoms with Crippen LogP contribution in [0.5, 0.6) is 5.75 Å².